The second-order valence-corrected chi connectivity index (χ2v) is 5.77. The van der Waals surface area contributed by atoms with Crippen molar-refractivity contribution in [1.82, 2.24) is 10.2 Å². The van der Waals surface area contributed by atoms with E-state index >= 15 is 0 Å². The molecule has 0 spiro atoms. The summed E-state index contributed by atoms with van der Waals surface area (Å²) in [5.41, 5.74) is 1.70. The number of alkyl carbamates (subject to hydrolysis) is 1. The van der Waals surface area contributed by atoms with Gasteiger partial charge in [0.15, 0.2) is 0 Å². The quantitative estimate of drug-likeness (QED) is 0.849. The first-order valence-electron chi connectivity index (χ1n) is 7.99. The Morgan fingerprint density at radius 1 is 1.00 bits per heavy atom. The van der Waals surface area contributed by atoms with Gasteiger partial charge in [0.2, 0.25) is 5.91 Å². The van der Waals surface area contributed by atoms with E-state index in [4.69, 9.17) is 4.74 Å². The van der Waals surface area contributed by atoms with Gasteiger partial charge in [-0.15, -0.1) is 0 Å². The Hall–Kier alpha value is -3.15. The molecular weight excluding hydrogens is 320 g/mol. The van der Waals surface area contributed by atoms with Crippen molar-refractivity contribution >= 4 is 17.9 Å². The maximum atomic E-state index is 12.4. The highest BCUT2D eigenvalue weighted by molar-refractivity contribution is 6.06. The zero-order chi connectivity index (χ0) is 17.6. The molecule has 0 aliphatic carbocycles. The molecule has 1 fully saturated rings. The maximum absolute atomic E-state index is 12.4. The SMILES string of the molecule is O=C(N[C@@H]1CC(=O)N(Cc2ccccc2)C1=O)OCc1ccccc1. The fraction of sp³-hybridized carbons (Fsp3) is 0.211. The molecule has 3 amide bonds. The minimum atomic E-state index is -0.875. The lowest BCUT2D eigenvalue weighted by Gasteiger charge is -2.15. The maximum Gasteiger partial charge on any atom is 0.408 e. The number of nitrogens with one attached hydrogen (secondary N) is 1. The predicted molar refractivity (Wildman–Crippen MR) is 90.2 cm³/mol. The van der Waals surface area contributed by atoms with Crippen molar-refractivity contribution < 1.29 is 19.1 Å². The van der Waals surface area contributed by atoms with Crippen LogP contribution in [0.4, 0.5) is 4.79 Å². The molecule has 1 N–H and O–H groups in total. The molecule has 1 aliphatic heterocycles. The summed E-state index contributed by atoms with van der Waals surface area (Å²) in [7, 11) is 0. The number of benzene rings is 2. The molecular formula is C19H18N2O4. The second kappa shape index (κ2) is 7.61. The third-order valence-corrected chi connectivity index (χ3v) is 3.93. The smallest absolute Gasteiger partial charge is 0.408 e. The molecule has 1 saturated heterocycles. The number of likely N-dealkylation sites (tertiary alicyclic amines) is 1. The minimum Gasteiger partial charge on any atom is -0.445 e. The van der Waals surface area contributed by atoms with Crippen molar-refractivity contribution in [1.29, 1.82) is 0 Å². The summed E-state index contributed by atoms with van der Waals surface area (Å²) in [6.45, 7) is 0.311. The molecule has 128 valence electrons. The molecule has 6 nitrogen and oxygen atoms in total. The van der Waals surface area contributed by atoms with E-state index in [-0.39, 0.29) is 25.5 Å². The Morgan fingerprint density at radius 3 is 2.24 bits per heavy atom. The van der Waals surface area contributed by atoms with Crippen LogP contribution < -0.4 is 5.32 Å². The van der Waals surface area contributed by atoms with E-state index in [9.17, 15) is 14.4 Å². The lowest BCUT2D eigenvalue weighted by molar-refractivity contribution is -0.139. The third kappa shape index (κ3) is 4.23. The van der Waals surface area contributed by atoms with Crippen molar-refractivity contribution in [2.75, 3.05) is 0 Å². The van der Waals surface area contributed by atoms with Gasteiger partial charge in [0.1, 0.15) is 12.6 Å². The van der Waals surface area contributed by atoms with Crippen LogP contribution in [0.5, 0.6) is 0 Å². The van der Waals surface area contributed by atoms with Gasteiger partial charge in [-0.05, 0) is 11.1 Å². The summed E-state index contributed by atoms with van der Waals surface area (Å²) in [6, 6.07) is 17.6. The third-order valence-electron chi connectivity index (χ3n) is 3.93. The molecule has 1 aliphatic rings. The number of hydrogen-bond donors (Lipinski definition) is 1. The first kappa shape index (κ1) is 16.7. The number of carbonyl (C=O) groups is 3. The van der Waals surface area contributed by atoms with Gasteiger partial charge in [-0.1, -0.05) is 60.7 Å². The minimum absolute atomic E-state index is 0.0495. The lowest BCUT2D eigenvalue weighted by atomic mass is 10.2. The van der Waals surface area contributed by atoms with E-state index in [1.54, 1.807) is 0 Å². The van der Waals surface area contributed by atoms with Crippen LogP contribution in [-0.4, -0.2) is 28.8 Å². The molecule has 6 heteroatoms. The summed E-state index contributed by atoms with van der Waals surface area (Å²) >= 11 is 0. The van der Waals surface area contributed by atoms with Gasteiger partial charge in [-0.3, -0.25) is 14.5 Å². The second-order valence-electron chi connectivity index (χ2n) is 5.77. The summed E-state index contributed by atoms with van der Waals surface area (Å²) in [6.07, 6.45) is -0.761. The number of rotatable bonds is 5. The number of imide groups is 1. The van der Waals surface area contributed by atoms with Crippen LogP contribution in [0.2, 0.25) is 0 Å². The Morgan fingerprint density at radius 2 is 1.60 bits per heavy atom. The van der Waals surface area contributed by atoms with Gasteiger partial charge in [0.25, 0.3) is 5.91 Å². The van der Waals surface area contributed by atoms with Gasteiger partial charge in [0, 0.05) is 0 Å². The molecule has 2 aromatic rings. The number of amides is 3. The van der Waals surface area contributed by atoms with Crippen molar-refractivity contribution in [3.63, 3.8) is 0 Å². The number of hydrogen-bond acceptors (Lipinski definition) is 4. The van der Waals surface area contributed by atoms with Crippen molar-refractivity contribution in [2.45, 2.75) is 25.6 Å². The molecule has 25 heavy (non-hydrogen) atoms. The first-order valence-corrected chi connectivity index (χ1v) is 7.99. The molecule has 2 aromatic carbocycles. The van der Waals surface area contributed by atoms with Gasteiger partial charge in [0.05, 0.1) is 13.0 Å². The van der Waals surface area contributed by atoms with Crippen LogP contribution in [0.1, 0.15) is 17.5 Å². The van der Waals surface area contributed by atoms with Crippen LogP contribution in [-0.2, 0) is 27.5 Å². The highest BCUT2D eigenvalue weighted by atomic mass is 16.5. The van der Waals surface area contributed by atoms with E-state index in [1.165, 1.54) is 0 Å². The summed E-state index contributed by atoms with van der Waals surface area (Å²) in [4.78, 5) is 37.5. The lowest BCUT2D eigenvalue weighted by Crippen LogP contribution is -2.41. The van der Waals surface area contributed by atoms with Gasteiger partial charge < -0.3 is 10.1 Å². The van der Waals surface area contributed by atoms with Gasteiger partial charge in [-0.2, -0.15) is 0 Å². The fourth-order valence-electron chi connectivity index (χ4n) is 2.64. The van der Waals surface area contributed by atoms with E-state index in [0.717, 1.165) is 16.0 Å². The first-order chi connectivity index (χ1) is 12.1. The van der Waals surface area contributed by atoms with E-state index < -0.39 is 18.0 Å². The normalized spacial score (nSPS) is 16.8. The van der Waals surface area contributed by atoms with Crippen LogP contribution in [0.25, 0.3) is 0 Å². The molecule has 1 heterocycles. The van der Waals surface area contributed by atoms with Crippen LogP contribution in [0.15, 0.2) is 60.7 Å². The summed E-state index contributed by atoms with van der Waals surface area (Å²) < 4.78 is 5.10. The number of nitrogens with zero attached hydrogens (tertiary/aromatic N) is 1. The van der Waals surface area contributed by atoms with E-state index in [0.29, 0.717) is 0 Å². The van der Waals surface area contributed by atoms with Crippen LogP contribution in [0.3, 0.4) is 0 Å². The molecule has 0 aromatic heterocycles. The highest BCUT2D eigenvalue weighted by Crippen LogP contribution is 2.17. The number of carbonyl (C=O) groups excluding carboxylic acids is 3. The zero-order valence-corrected chi connectivity index (χ0v) is 13.6. The van der Waals surface area contributed by atoms with Crippen LogP contribution in [0, 0.1) is 0 Å². The Balaban J connectivity index is 1.54. The van der Waals surface area contributed by atoms with Crippen LogP contribution >= 0.6 is 0 Å². The fourth-order valence-corrected chi connectivity index (χ4v) is 2.64. The molecule has 0 saturated carbocycles. The van der Waals surface area contributed by atoms with Crippen molar-refractivity contribution in [3.05, 3.63) is 71.8 Å². The molecule has 0 bridgehead atoms. The topological polar surface area (TPSA) is 75.7 Å². The largest absolute Gasteiger partial charge is 0.445 e. The average molecular weight is 338 g/mol. The average Bonchev–Trinajstić information content (AvgIpc) is 2.89. The van der Waals surface area contributed by atoms with E-state index in [2.05, 4.69) is 5.32 Å². The van der Waals surface area contributed by atoms with Gasteiger partial charge in [-0.25, -0.2) is 4.79 Å². The molecule has 1 atom stereocenters. The summed E-state index contributed by atoms with van der Waals surface area (Å²) in [5.74, 6) is -0.715. The Labute approximate surface area is 145 Å². The molecule has 3 rings (SSSR count). The van der Waals surface area contributed by atoms with E-state index in [1.807, 2.05) is 60.7 Å². The van der Waals surface area contributed by atoms with Crippen molar-refractivity contribution in [3.8, 4) is 0 Å². The standard InChI is InChI=1S/C19H18N2O4/c22-17-11-16(18(23)21(17)12-14-7-3-1-4-8-14)20-19(24)25-13-15-9-5-2-6-10-15/h1-10,16H,11-13H2,(H,20,24)/t16-/m1/s1. The summed E-state index contributed by atoms with van der Waals surface area (Å²) in [5, 5.41) is 2.47. The van der Waals surface area contributed by atoms with Crippen molar-refractivity contribution in [2.24, 2.45) is 0 Å². The Kier molecular flexibility index (Phi) is 5.09. The Bertz CT molecular complexity index is 762. The predicted octanol–water partition coefficient (Wildman–Crippen LogP) is 2.24. The monoisotopic (exact) mass is 338 g/mol. The molecule has 0 unspecified atom stereocenters. The zero-order valence-electron chi connectivity index (χ0n) is 13.6. The molecule has 0 radical (unpaired) electrons. The number of ether oxygens (including phenoxy) is 1. The highest BCUT2D eigenvalue weighted by Gasteiger charge is 2.39. The van der Waals surface area contributed by atoms with Gasteiger partial charge >= 0.3 is 6.09 Å².